The first kappa shape index (κ1) is 11.8. The summed E-state index contributed by atoms with van der Waals surface area (Å²) >= 11 is 0. The zero-order chi connectivity index (χ0) is 9.14. The Hall–Kier alpha value is -1.23. The highest BCUT2D eigenvalue weighted by Crippen LogP contribution is 2.21. The first-order valence-corrected chi connectivity index (χ1v) is 3.08. The van der Waals surface area contributed by atoms with E-state index in [0.29, 0.717) is 0 Å². The molecule has 72 valence electrons. The van der Waals surface area contributed by atoms with Crippen molar-refractivity contribution in [2.45, 2.75) is 6.43 Å². The lowest BCUT2D eigenvalue weighted by molar-refractivity contribution is 0.0684. The summed E-state index contributed by atoms with van der Waals surface area (Å²) in [4.78, 5) is 13.8. The topological polar surface area (TPSA) is 50.2 Å². The number of alkyl halides is 2. The van der Waals surface area contributed by atoms with E-state index in [9.17, 15) is 13.6 Å². The molecule has 0 spiro atoms. The third-order valence-corrected chi connectivity index (χ3v) is 1.32. The van der Waals surface area contributed by atoms with E-state index in [1.54, 1.807) is 0 Å². The van der Waals surface area contributed by atoms with Crippen molar-refractivity contribution in [1.82, 2.24) is 4.98 Å². The predicted octanol–water partition coefficient (Wildman–Crippen LogP) is 2.14. The van der Waals surface area contributed by atoms with Gasteiger partial charge in [-0.2, -0.15) is 0 Å². The van der Waals surface area contributed by atoms with Gasteiger partial charge in [0, 0.05) is 18.0 Å². The summed E-state index contributed by atoms with van der Waals surface area (Å²) in [5.74, 6) is -1.39. The molecule has 0 atom stereocenters. The molecule has 0 bridgehead atoms. The SMILES string of the molecule is Cl.O=C(O)c1cnccc1C(F)F. The molecule has 0 fully saturated rings. The van der Waals surface area contributed by atoms with Gasteiger partial charge in [0.05, 0.1) is 5.56 Å². The van der Waals surface area contributed by atoms with Crippen molar-refractivity contribution < 1.29 is 18.7 Å². The van der Waals surface area contributed by atoms with Gasteiger partial charge >= 0.3 is 5.97 Å². The fraction of sp³-hybridized carbons (Fsp3) is 0.143. The number of hydrogen-bond acceptors (Lipinski definition) is 2. The summed E-state index contributed by atoms with van der Waals surface area (Å²) in [6, 6.07) is 0.994. The van der Waals surface area contributed by atoms with Crippen LogP contribution in [0.4, 0.5) is 8.78 Å². The first-order chi connectivity index (χ1) is 5.63. The Morgan fingerprint density at radius 3 is 2.54 bits per heavy atom. The highest BCUT2D eigenvalue weighted by atomic mass is 35.5. The van der Waals surface area contributed by atoms with Crippen molar-refractivity contribution in [3.63, 3.8) is 0 Å². The molecule has 1 aromatic rings. The predicted molar refractivity (Wildman–Crippen MR) is 43.4 cm³/mol. The van der Waals surface area contributed by atoms with E-state index in [4.69, 9.17) is 5.11 Å². The van der Waals surface area contributed by atoms with Gasteiger partial charge in [-0.3, -0.25) is 4.98 Å². The summed E-state index contributed by atoms with van der Waals surface area (Å²) < 4.78 is 24.2. The van der Waals surface area contributed by atoms with Crippen molar-refractivity contribution in [3.8, 4) is 0 Å². The molecule has 1 N–H and O–H groups in total. The van der Waals surface area contributed by atoms with E-state index in [1.165, 1.54) is 0 Å². The second kappa shape index (κ2) is 4.71. The van der Waals surface area contributed by atoms with E-state index >= 15 is 0 Å². The normalized spacial score (nSPS) is 9.46. The number of halogens is 3. The molecular weight excluding hydrogens is 204 g/mol. The average Bonchev–Trinajstić information content (AvgIpc) is 2.04. The minimum absolute atomic E-state index is 0. The quantitative estimate of drug-likeness (QED) is 0.812. The van der Waals surface area contributed by atoms with Crippen LogP contribution < -0.4 is 0 Å². The molecule has 6 heteroatoms. The number of rotatable bonds is 2. The zero-order valence-corrected chi connectivity index (χ0v) is 7.09. The molecule has 0 amide bonds. The highest BCUT2D eigenvalue weighted by Gasteiger charge is 2.16. The molecule has 0 unspecified atom stereocenters. The molecule has 3 nitrogen and oxygen atoms in total. The Balaban J connectivity index is 0.00000144. The van der Waals surface area contributed by atoms with Gasteiger partial charge < -0.3 is 5.11 Å². The van der Waals surface area contributed by atoms with Crippen molar-refractivity contribution in [2.24, 2.45) is 0 Å². The van der Waals surface area contributed by atoms with Crippen molar-refractivity contribution in [3.05, 3.63) is 29.6 Å². The number of pyridine rings is 1. The van der Waals surface area contributed by atoms with Crippen LogP contribution in [0.2, 0.25) is 0 Å². The fourth-order valence-electron chi connectivity index (χ4n) is 0.774. The molecule has 0 aliphatic heterocycles. The Morgan fingerprint density at radius 1 is 1.54 bits per heavy atom. The van der Waals surface area contributed by atoms with E-state index in [1.807, 2.05) is 0 Å². The monoisotopic (exact) mass is 209 g/mol. The molecule has 1 rings (SSSR count). The van der Waals surface area contributed by atoms with Gasteiger partial charge in [0.25, 0.3) is 6.43 Å². The van der Waals surface area contributed by atoms with Crippen LogP contribution in [0.3, 0.4) is 0 Å². The van der Waals surface area contributed by atoms with Crippen molar-refractivity contribution in [2.75, 3.05) is 0 Å². The van der Waals surface area contributed by atoms with Gasteiger partial charge in [0.15, 0.2) is 0 Å². The van der Waals surface area contributed by atoms with Crippen LogP contribution in [-0.2, 0) is 0 Å². The van der Waals surface area contributed by atoms with E-state index in [0.717, 1.165) is 18.5 Å². The van der Waals surface area contributed by atoms with Crippen LogP contribution in [0.25, 0.3) is 0 Å². The zero-order valence-electron chi connectivity index (χ0n) is 6.28. The average molecular weight is 210 g/mol. The van der Waals surface area contributed by atoms with Gasteiger partial charge in [-0.25, -0.2) is 13.6 Å². The molecular formula is C7H6ClF2NO2. The van der Waals surface area contributed by atoms with Crippen LogP contribution in [-0.4, -0.2) is 16.1 Å². The second-order valence-electron chi connectivity index (χ2n) is 2.07. The molecule has 0 aromatic carbocycles. The third kappa shape index (κ3) is 2.62. The molecule has 13 heavy (non-hydrogen) atoms. The fourth-order valence-corrected chi connectivity index (χ4v) is 0.774. The van der Waals surface area contributed by atoms with E-state index in [-0.39, 0.29) is 12.4 Å². The second-order valence-corrected chi connectivity index (χ2v) is 2.07. The lowest BCUT2D eigenvalue weighted by Gasteiger charge is -2.01. The number of hydrogen-bond donors (Lipinski definition) is 1. The number of nitrogens with zero attached hydrogens (tertiary/aromatic N) is 1. The molecule has 0 saturated carbocycles. The van der Waals surface area contributed by atoms with Crippen LogP contribution in [0.5, 0.6) is 0 Å². The Bertz CT molecular complexity index is 306. The molecule has 0 radical (unpaired) electrons. The highest BCUT2D eigenvalue weighted by molar-refractivity contribution is 5.89. The maximum atomic E-state index is 12.1. The summed E-state index contributed by atoms with van der Waals surface area (Å²) in [7, 11) is 0. The van der Waals surface area contributed by atoms with Gasteiger partial charge in [-0.1, -0.05) is 0 Å². The Kier molecular flexibility index (Phi) is 4.27. The minimum atomic E-state index is -2.78. The smallest absolute Gasteiger partial charge is 0.337 e. The maximum absolute atomic E-state index is 12.1. The summed E-state index contributed by atoms with van der Waals surface area (Å²) in [6.07, 6.45) is -0.739. The Morgan fingerprint density at radius 2 is 2.15 bits per heavy atom. The Labute approximate surface area is 78.8 Å². The van der Waals surface area contributed by atoms with Crippen molar-refractivity contribution >= 4 is 18.4 Å². The van der Waals surface area contributed by atoms with Crippen molar-refractivity contribution in [1.29, 1.82) is 0 Å². The van der Waals surface area contributed by atoms with Crippen LogP contribution >= 0.6 is 12.4 Å². The molecule has 0 saturated heterocycles. The number of aromatic carboxylic acids is 1. The van der Waals surface area contributed by atoms with Crippen LogP contribution in [0.15, 0.2) is 18.5 Å². The number of carboxylic acid groups (broad SMARTS) is 1. The lowest BCUT2D eigenvalue weighted by atomic mass is 10.1. The third-order valence-electron chi connectivity index (χ3n) is 1.32. The standard InChI is InChI=1S/C7H5F2NO2.ClH/c8-6(9)4-1-2-10-3-5(4)7(11)12;/h1-3,6H,(H,11,12);1H. The minimum Gasteiger partial charge on any atom is -0.478 e. The van der Waals surface area contributed by atoms with Gasteiger partial charge in [0.1, 0.15) is 0 Å². The summed E-state index contributed by atoms with van der Waals surface area (Å²) in [5, 5.41) is 8.44. The maximum Gasteiger partial charge on any atom is 0.337 e. The van der Waals surface area contributed by atoms with Crippen LogP contribution in [0, 0.1) is 0 Å². The van der Waals surface area contributed by atoms with Crippen LogP contribution in [0.1, 0.15) is 22.3 Å². The molecule has 0 aliphatic carbocycles. The molecule has 0 aliphatic rings. The van der Waals surface area contributed by atoms with Gasteiger partial charge in [-0.05, 0) is 6.07 Å². The largest absolute Gasteiger partial charge is 0.478 e. The van der Waals surface area contributed by atoms with Gasteiger partial charge in [-0.15, -0.1) is 12.4 Å². The van der Waals surface area contributed by atoms with E-state index < -0.39 is 23.5 Å². The lowest BCUT2D eigenvalue weighted by Crippen LogP contribution is -2.03. The number of carbonyl (C=O) groups is 1. The first-order valence-electron chi connectivity index (χ1n) is 3.08. The number of carboxylic acids is 1. The van der Waals surface area contributed by atoms with Gasteiger partial charge in [0.2, 0.25) is 0 Å². The summed E-state index contributed by atoms with van der Waals surface area (Å²) in [6.45, 7) is 0. The molecule has 1 heterocycles. The molecule has 1 aromatic heterocycles. The van der Waals surface area contributed by atoms with E-state index in [2.05, 4.69) is 4.98 Å². The number of aromatic nitrogens is 1. The summed E-state index contributed by atoms with van der Waals surface area (Å²) in [5.41, 5.74) is -0.954.